The second-order valence-corrected chi connectivity index (χ2v) is 2.08. The Morgan fingerprint density at radius 2 is 1.89 bits per heavy atom. The van der Waals surface area contributed by atoms with E-state index in [1.165, 1.54) is 0 Å². The van der Waals surface area contributed by atoms with Crippen LogP contribution in [0.25, 0.3) is 0 Å². The van der Waals surface area contributed by atoms with E-state index in [0.29, 0.717) is 6.42 Å². The van der Waals surface area contributed by atoms with Gasteiger partial charge in [-0.15, -0.1) is 0 Å². The van der Waals surface area contributed by atoms with Gasteiger partial charge in [-0.1, -0.05) is 13.3 Å². The average molecular weight is 138 g/mol. The zero-order chi connectivity index (χ0) is 7.33. The number of aliphatic hydroxyl groups excluding tert-OH is 1. The summed E-state index contributed by atoms with van der Waals surface area (Å²) in [6, 6.07) is 0. The number of halogens is 2. The van der Waals surface area contributed by atoms with Crippen LogP contribution in [0.2, 0.25) is 0 Å². The maximum Gasteiger partial charge on any atom is 0.250 e. The average Bonchev–Trinajstić information content (AvgIpc) is 1.64. The molecule has 9 heavy (non-hydrogen) atoms. The van der Waals surface area contributed by atoms with Crippen molar-refractivity contribution in [1.82, 2.24) is 0 Å². The van der Waals surface area contributed by atoms with Gasteiger partial charge in [0.15, 0.2) is 0 Å². The van der Waals surface area contributed by atoms with E-state index in [-0.39, 0.29) is 6.42 Å². The highest BCUT2D eigenvalue weighted by atomic mass is 19.3. The van der Waals surface area contributed by atoms with Gasteiger partial charge in [0.05, 0.1) is 0 Å². The van der Waals surface area contributed by atoms with Crippen LogP contribution < -0.4 is 0 Å². The molecule has 0 aromatic heterocycles. The van der Waals surface area contributed by atoms with Gasteiger partial charge in [0, 0.05) is 19.4 Å². The molecule has 0 aliphatic heterocycles. The van der Waals surface area contributed by atoms with Gasteiger partial charge in [0.1, 0.15) is 0 Å². The van der Waals surface area contributed by atoms with Gasteiger partial charge in [0.2, 0.25) is 5.92 Å². The van der Waals surface area contributed by atoms with Crippen LogP contribution in [0.3, 0.4) is 0 Å². The SMILES string of the molecule is CCCC(F)(F)CCO. The molecular weight excluding hydrogens is 126 g/mol. The second kappa shape index (κ2) is 3.77. The molecule has 0 radical (unpaired) electrons. The van der Waals surface area contributed by atoms with Crippen LogP contribution in [0.15, 0.2) is 0 Å². The van der Waals surface area contributed by atoms with Gasteiger partial charge < -0.3 is 5.11 Å². The highest BCUT2D eigenvalue weighted by Crippen LogP contribution is 2.23. The summed E-state index contributed by atoms with van der Waals surface area (Å²) in [6.07, 6.45) is -0.0542. The molecule has 0 saturated heterocycles. The van der Waals surface area contributed by atoms with Crippen molar-refractivity contribution in [3.63, 3.8) is 0 Å². The van der Waals surface area contributed by atoms with Crippen LogP contribution in [-0.4, -0.2) is 17.6 Å². The summed E-state index contributed by atoms with van der Waals surface area (Å²) in [5, 5.41) is 8.15. The first-order valence-electron chi connectivity index (χ1n) is 3.11. The smallest absolute Gasteiger partial charge is 0.250 e. The van der Waals surface area contributed by atoms with Crippen LogP contribution in [0.4, 0.5) is 8.78 Å². The number of hydrogen-bond donors (Lipinski definition) is 1. The molecule has 0 heterocycles. The van der Waals surface area contributed by atoms with Crippen molar-refractivity contribution in [2.24, 2.45) is 0 Å². The molecule has 1 nitrogen and oxygen atoms in total. The summed E-state index contributed by atoms with van der Waals surface area (Å²) in [4.78, 5) is 0. The van der Waals surface area contributed by atoms with Crippen LogP contribution in [0.1, 0.15) is 26.2 Å². The molecule has 0 spiro atoms. The lowest BCUT2D eigenvalue weighted by Crippen LogP contribution is -2.16. The minimum atomic E-state index is -2.65. The second-order valence-electron chi connectivity index (χ2n) is 2.08. The lowest BCUT2D eigenvalue weighted by Gasteiger charge is -2.12. The number of alkyl halides is 2. The van der Waals surface area contributed by atoms with Crippen LogP contribution >= 0.6 is 0 Å². The molecule has 0 amide bonds. The molecule has 0 unspecified atom stereocenters. The maximum absolute atomic E-state index is 12.3. The monoisotopic (exact) mass is 138 g/mol. The molecule has 1 N–H and O–H groups in total. The largest absolute Gasteiger partial charge is 0.396 e. The summed E-state index contributed by atoms with van der Waals surface area (Å²) in [7, 11) is 0. The zero-order valence-electron chi connectivity index (χ0n) is 5.53. The lowest BCUT2D eigenvalue weighted by molar-refractivity contribution is -0.0293. The Morgan fingerprint density at radius 1 is 1.33 bits per heavy atom. The number of aliphatic hydroxyl groups is 1. The molecule has 0 aromatic rings. The first kappa shape index (κ1) is 8.82. The Kier molecular flexibility index (Phi) is 3.70. The Labute approximate surface area is 53.7 Å². The topological polar surface area (TPSA) is 20.2 Å². The van der Waals surface area contributed by atoms with Crippen LogP contribution in [0.5, 0.6) is 0 Å². The molecule has 0 bridgehead atoms. The molecule has 0 rings (SSSR count). The van der Waals surface area contributed by atoms with Gasteiger partial charge >= 0.3 is 0 Å². The summed E-state index contributed by atoms with van der Waals surface area (Å²) in [5.74, 6) is -2.65. The summed E-state index contributed by atoms with van der Waals surface area (Å²) in [5.41, 5.74) is 0. The highest BCUT2D eigenvalue weighted by Gasteiger charge is 2.25. The normalized spacial score (nSPS) is 12.0. The first-order valence-corrected chi connectivity index (χ1v) is 3.11. The van der Waals surface area contributed by atoms with Crippen molar-refractivity contribution in [2.75, 3.05) is 6.61 Å². The summed E-state index contributed by atoms with van der Waals surface area (Å²) in [6.45, 7) is 1.28. The van der Waals surface area contributed by atoms with E-state index in [9.17, 15) is 8.78 Å². The predicted octanol–water partition coefficient (Wildman–Crippen LogP) is 1.80. The Hall–Kier alpha value is -0.180. The third-order valence-corrected chi connectivity index (χ3v) is 1.09. The van der Waals surface area contributed by atoms with Crippen LogP contribution in [-0.2, 0) is 0 Å². The van der Waals surface area contributed by atoms with E-state index in [2.05, 4.69) is 0 Å². The standard InChI is InChI=1S/C6H12F2O/c1-2-3-6(7,8)4-5-9/h9H,2-5H2,1H3. The van der Waals surface area contributed by atoms with Crippen molar-refractivity contribution in [1.29, 1.82) is 0 Å². The van der Waals surface area contributed by atoms with Crippen molar-refractivity contribution in [3.8, 4) is 0 Å². The summed E-state index contributed by atoms with van der Waals surface area (Å²) < 4.78 is 24.5. The van der Waals surface area contributed by atoms with E-state index < -0.39 is 19.0 Å². The van der Waals surface area contributed by atoms with Gasteiger partial charge in [0.25, 0.3) is 0 Å². The minimum absolute atomic E-state index is 0.117. The predicted molar refractivity (Wildman–Crippen MR) is 31.6 cm³/mol. The Balaban J connectivity index is 3.43. The van der Waals surface area contributed by atoms with E-state index in [1.807, 2.05) is 0 Å². The fourth-order valence-corrected chi connectivity index (χ4v) is 0.654. The maximum atomic E-state index is 12.3. The molecule has 0 aliphatic rings. The fourth-order valence-electron chi connectivity index (χ4n) is 0.654. The zero-order valence-corrected chi connectivity index (χ0v) is 5.53. The first-order chi connectivity index (χ1) is 4.12. The Morgan fingerprint density at radius 3 is 2.22 bits per heavy atom. The third-order valence-electron chi connectivity index (χ3n) is 1.09. The van der Waals surface area contributed by atoms with Gasteiger partial charge in [-0.05, 0) is 0 Å². The summed E-state index contributed by atoms with van der Waals surface area (Å²) >= 11 is 0. The molecule has 0 aromatic carbocycles. The third kappa shape index (κ3) is 4.33. The number of hydrogen-bond acceptors (Lipinski definition) is 1. The van der Waals surface area contributed by atoms with Crippen molar-refractivity contribution in [3.05, 3.63) is 0 Å². The molecule has 0 saturated carbocycles. The van der Waals surface area contributed by atoms with E-state index in [1.54, 1.807) is 6.92 Å². The number of rotatable bonds is 4. The van der Waals surface area contributed by atoms with Gasteiger partial charge in [-0.3, -0.25) is 0 Å². The molecule has 0 atom stereocenters. The van der Waals surface area contributed by atoms with E-state index in [4.69, 9.17) is 5.11 Å². The Bertz CT molecular complexity index is 65.5. The van der Waals surface area contributed by atoms with Gasteiger partial charge in [-0.2, -0.15) is 0 Å². The molecular formula is C6H12F2O. The fraction of sp³-hybridized carbons (Fsp3) is 1.00. The van der Waals surface area contributed by atoms with Gasteiger partial charge in [-0.25, -0.2) is 8.78 Å². The van der Waals surface area contributed by atoms with E-state index >= 15 is 0 Å². The van der Waals surface area contributed by atoms with Crippen LogP contribution in [0, 0.1) is 0 Å². The molecule has 0 aliphatic carbocycles. The molecule has 3 heteroatoms. The quantitative estimate of drug-likeness (QED) is 0.628. The van der Waals surface area contributed by atoms with E-state index in [0.717, 1.165) is 0 Å². The molecule has 0 fully saturated rings. The van der Waals surface area contributed by atoms with Crippen molar-refractivity contribution in [2.45, 2.75) is 32.1 Å². The van der Waals surface area contributed by atoms with Crippen molar-refractivity contribution < 1.29 is 13.9 Å². The molecule has 56 valence electrons. The van der Waals surface area contributed by atoms with Crippen molar-refractivity contribution >= 4 is 0 Å². The minimum Gasteiger partial charge on any atom is -0.396 e. The lowest BCUT2D eigenvalue weighted by atomic mass is 10.1. The highest BCUT2D eigenvalue weighted by molar-refractivity contribution is 4.63.